The van der Waals surface area contributed by atoms with Crippen molar-refractivity contribution in [1.29, 1.82) is 5.16 Å². The van der Waals surface area contributed by atoms with Gasteiger partial charge >= 0.3 is 6.09 Å². The van der Waals surface area contributed by atoms with Gasteiger partial charge in [-0.15, -0.1) is 0 Å². The van der Waals surface area contributed by atoms with Gasteiger partial charge in [0.25, 0.3) is 0 Å². The summed E-state index contributed by atoms with van der Waals surface area (Å²) < 4.78 is 0. The van der Waals surface area contributed by atoms with E-state index < -0.39 is 19.4 Å². The standard InChI is InChI=1S/C7H18N5O3P/c1-5(2)16(8,9)10-4-3-6(13)11-12-7(14)15/h5,12H,3-4H2,1-2H3,(H,11,13)(H,14,15)(H4,8,9,10). The molecule has 0 fully saturated rings. The maximum Gasteiger partial charge on any atom is 0.423 e. The molecule has 0 bridgehead atoms. The smallest absolute Gasteiger partial charge is 0.423 e. The SMILES string of the molecule is CC(C)P(=N)(N)NCCC(=O)NNC(=O)O. The van der Waals surface area contributed by atoms with E-state index in [1.165, 1.54) is 0 Å². The number of carboxylic acid groups (broad SMARTS) is 1. The highest BCUT2D eigenvalue weighted by molar-refractivity contribution is 7.61. The Hall–Kier alpha value is -1.11. The summed E-state index contributed by atoms with van der Waals surface area (Å²) in [5.41, 5.74) is 9.42. The van der Waals surface area contributed by atoms with Gasteiger partial charge in [-0.05, 0) is 0 Å². The molecule has 0 spiro atoms. The number of hydrogen-bond acceptors (Lipinski definition) is 3. The minimum Gasteiger partial charge on any atom is -0.464 e. The van der Waals surface area contributed by atoms with E-state index in [4.69, 9.17) is 15.8 Å². The molecule has 0 aromatic heterocycles. The fraction of sp³-hybridized carbons (Fsp3) is 0.714. The van der Waals surface area contributed by atoms with Crippen molar-refractivity contribution in [3.63, 3.8) is 0 Å². The van der Waals surface area contributed by atoms with Crippen molar-refractivity contribution in [2.75, 3.05) is 6.54 Å². The number of hydrogen-bond donors (Lipinski definition) is 6. The first-order valence-corrected chi connectivity index (χ1v) is 6.63. The van der Waals surface area contributed by atoms with Crippen molar-refractivity contribution in [3.8, 4) is 0 Å². The summed E-state index contributed by atoms with van der Waals surface area (Å²) in [5.74, 6) is -0.473. The van der Waals surface area contributed by atoms with Gasteiger partial charge in [0.1, 0.15) is 0 Å². The van der Waals surface area contributed by atoms with Gasteiger partial charge in [0.2, 0.25) is 5.91 Å². The molecule has 16 heavy (non-hydrogen) atoms. The van der Waals surface area contributed by atoms with Gasteiger partial charge in [-0.1, -0.05) is 13.8 Å². The lowest BCUT2D eigenvalue weighted by molar-refractivity contribution is -0.121. The van der Waals surface area contributed by atoms with Crippen molar-refractivity contribution in [2.45, 2.75) is 25.9 Å². The summed E-state index contributed by atoms with van der Waals surface area (Å²) in [6, 6.07) is 0. The minimum atomic E-state index is -2.43. The van der Waals surface area contributed by atoms with Gasteiger partial charge in [-0.25, -0.2) is 10.2 Å². The largest absolute Gasteiger partial charge is 0.464 e. The van der Waals surface area contributed by atoms with Crippen LogP contribution < -0.4 is 21.4 Å². The fourth-order valence-corrected chi connectivity index (χ4v) is 1.57. The van der Waals surface area contributed by atoms with Crippen LogP contribution in [0.4, 0.5) is 4.79 Å². The average molecular weight is 251 g/mol. The molecule has 0 radical (unpaired) electrons. The molecule has 94 valence electrons. The molecule has 0 aromatic rings. The zero-order chi connectivity index (χ0) is 12.8. The van der Waals surface area contributed by atoms with Crippen LogP contribution in [0, 0.1) is 5.16 Å². The van der Waals surface area contributed by atoms with E-state index in [0.29, 0.717) is 0 Å². The van der Waals surface area contributed by atoms with Crippen LogP contribution in [-0.2, 0) is 4.79 Å². The lowest BCUT2D eigenvalue weighted by Crippen LogP contribution is -2.41. The van der Waals surface area contributed by atoms with Crippen molar-refractivity contribution in [1.82, 2.24) is 15.9 Å². The van der Waals surface area contributed by atoms with Gasteiger partial charge in [0, 0.05) is 18.6 Å². The Morgan fingerprint density at radius 2 is 2.00 bits per heavy atom. The van der Waals surface area contributed by atoms with E-state index in [2.05, 4.69) is 5.09 Å². The summed E-state index contributed by atoms with van der Waals surface area (Å²) in [7, 11) is -2.43. The second-order valence-corrected chi connectivity index (χ2v) is 6.41. The van der Waals surface area contributed by atoms with E-state index in [1.54, 1.807) is 5.43 Å². The van der Waals surface area contributed by atoms with Crippen LogP contribution >= 0.6 is 7.36 Å². The molecule has 8 nitrogen and oxygen atoms in total. The average Bonchev–Trinajstić information content (AvgIpc) is 2.14. The Labute approximate surface area is 93.9 Å². The van der Waals surface area contributed by atoms with Crippen LogP contribution in [0.1, 0.15) is 20.3 Å². The first-order chi connectivity index (χ1) is 7.25. The minimum absolute atomic E-state index is 0.00714. The molecule has 0 heterocycles. The molecule has 1 unspecified atom stereocenters. The number of hydrazine groups is 1. The Kier molecular flexibility index (Phi) is 6.02. The Morgan fingerprint density at radius 3 is 2.44 bits per heavy atom. The molecule has 2 amide bonds. The lowest BCUT2D eigenvalue weighted by atomic mass is 10.4. The molecule has 0 rings (SSSR count). The predicted molar refractivity (Wildman–Crippen MR) is 60.9 cm³/mol. The number of carbonyl (C=O) groups excluding carboxylic acids is 1. The van der Waals surface area contributed by atoms with Crippen LogP contribution in [0.3, 0.4) is 0 Å². The molecule has 0 aliphatic heterocycles. The highest BCUT2D eigenvalue weighted by Crippen LogP contribution is 2.37. The molecule has 0 aliphatic rings. The van der Waals surface area contributed by atoms with Gasteiger partial charge in [-0.2, -0.15) is 0 Å². The monoisotopic (exact) mass is 251 g/mol. The van der Waals surface area contributed by atoms with E-state index in [0.717, 1.165) is 0 Å². The molecular formula is C7H18N5O3P. The lowest BCUT2D eigenvalue weighted by Gasteiger charge is -2.22. The van der Waals surface area contributed by atoms with E-state index in [9.17, 15) is 9.59 Å². The van der Waals surface area contributed by atoms with Crippen molar-refractivity contribution >= 4 is 19.4 Å². The summed E-state index contributed by atoms with van der Waals surface area (Å²) in [4.78, 5) is 21.1. The third-order valence-corrected chi connectivity index (χ3v) is 4.22. The number of carbonyl (C=O) groups is 2. The van der Waals surface area contributed by atoms with Crippen LogP contribution in [-0.4, -0.2) is 29.3 Å². The quantitative estimate of drug-likeness (QED) is 0.307. The number of rotatable bonds is 5. The summed E-state index contributed by atoms with van der Waals surface area (Å²) >= 11 is 0. The third-order valence-electron chi connectivity index (χ3n) is 1.85. The van der Waals surface area contributed by atoms with Crippen molar-refractivity contribution in [2.24, 2.45) is 5.50 Å². The molecule has 9 heteroatoms. The van der Waals surface area contributed by atoms with Crippen LogP contribution in [0.5, 0.6) is 0 Å². The second kappa shape index (κ2) is 6.47. The molecular weight excluding hydrogens is 233 g/mol. The molecule has 0 aliphatic carbocycles. The fourth-order valence-electron chi connectivity index (χ4n) is 0.723. The van der Waals surface area contributed by atoms with Crippen LogP contribution in [0.2, 0.25) is 0 Å². The zero-order valence-corrected chi connectivity index (χ0v) is 10.2. The van der Waals surface area contributed by atoms with E-state index in [1.807, 2.05) is 19.3 Å². The Balaban J connectivity index is 3.78. The maximum atomic E-state index is 11.0. The van der Waals surface area contributed by atoms with Crippen molar-refractivity contribution < 1.29 is 14.7 Å². The molecule has 0 saturated heterocycles. The summed E-state index contributed by atoms with van der Waals surface area (Å²) in [6.07, 6.45) is -1.27. The molecule has 7 N–H and O–H groups in total. The van der Waals surface area contributed by atoms with Crippen molar-refractivity contribution in [3.05, 3.63) is 0 Å². The highest BCUT2D eigenvalue weighted by Gasteiger charge is 2.15. The summed E-state index contributed by atoms with van der Waals surface area (Å²) in [6.45, 7) is 3.92. The van der Waals surface area contributed by atoms with E-state index in [-0.39, 0.29) is 18.6 Å². The zero-order valence-electron chi connectivity index (χ0n) is 9.28. The number of nitrogens with two attached hydrogens (primary N) is 1. The first-order valence-electron chi connectivity index (χ1n) is 4.71. The normalized spacial score (nSPS) is 14.2. The predicted octanol–water partition coefficient (Wildman–Crippen LogP) is 0.242. The highest BCUT2D eigenvalue weighted by atomic mass is 31.2. The number of nitrogens with one attached hydrogen (secondary N) is 4. The van der Waals surface area contributed by atoms with E-state index >= 15 is 0 Å². The maximum absolute atomic E-state index is 11.0. The summed E-state index contributed by atoms with van der Waals surface area (Å²) in [5, 5.41) is 18.7. The first kappa shape index (κ1) is 14.9. The third kappa shape index (κ3) is 6.39. The Morgan fingerprint density at radius 1 is 1.44 bits per heavy atom. The Bertz CT molecular complexity index is 306. The second-order valence-electron chi connectivity index (χ2n) is 3.51. The van der Waals surface area contributed by atoms with Crippen LogP contribution in [0.25, 0.3) is 0 Å². The van der Waals surface area contributed by atoms with Gasteiger partial charge in [0.05, 0.1) is 7.36 Å². The number of amides is 2. The topological polar surface area (TPSA) is 140 Å². The van der Waals surface area contributed by atoms with Gasteiger partial charge in [-0.3, -0.25) is 26.0 Å². The molecule has 0 aromatic carbocycles. The van der Waals surface area contributed by atoms with Gasteiger partial charge < -0.3 is 5.11 Å². The molecule has 1 atom stereocenters. The van der Waals surface area contributed by atoms with Crippen LogP contribution in [0.15, 0.2) is 0 Å². The van der Waals surface area contributed by atoms with Gasteiger partial charge in [0.15, 0.2) is 0 Å². The molecule has 0 saturated carbocycles.